The molecule has 0 saturated heterocycles. The minimum Gasteiger partial charge on any atom is -0.494 e. The molecule has 0 aliphatic carbocycles. The number of aliphatic hydroxyl groups excluding tert-OH is 1. The maximum atomic E-state index is 14.3. The number of hydrogen-bond acceptors (Lipinski definition) is 2. The Morgan fingerprint density at radius 1 is 0.794 bits per heavy atom. The SMILES string of the molecule is CCCCOc1cccc(C(O)C(C)C(F)(F)C(F)(F)C(F)(F)C(F)(F)C(F)(F)C(F)(F)F)c1. The van der Waals surface area contributed by atoms with E-state index in [4.69, 9.17) is 4.74 Å². The van der Waals surface area contributed by atoms with E-state index in [1.54, 1.807) is 6.92 Å². The topological polar surface area (TPSA) is 29.5 Å². The standard InChI is InChI=1S/C19H19F13O2/c1-3-4-8-34-12-7-5-6-11(9-12)13(33)10(2)14(20,21)15(22,23)16(24,25)17(26,27)18(28,29)19(30,31)32/h5-7,9-10,13,33H,3-4,8H2,1-2H3. The predicted molar refractivity (Wildman–Crippen MR) is 91.8 cm³/mol. The first-order chi connectivity index (χ1) is 15.1. The number of rotatable bonds is 11. The van der Waals surface area contributed by atoms with Gasteiger partial charge in [-0.2, -0.15) is 57.1 Å². The molecule has 1 aromatic rings. The van der Waals surface area contributed by atoms with Gasteiger partial charge in [-0.25, -0.2) is 0 Å². The number of ether oxygens (including phenoxy) is 1. The van der Waals surface area contributed by atoms with Gasteiger partial charge in [0.15, 0.2) is 0 Å². The summed E-state index contributed by atoms with van der Waals surface area (Å²) in [4.78, 5) is 0. The molecule has 0 aliphatic heterocycles. The van der Waals surface area contributed by atoms with Gasteiger partial charge in [-0.1, -0.05) is 32.4 Å². The largest absolute Gasteiger partial charge is 0.494 e. The molecule has 15 heteroatoms. The van der Waals surface area contributed by atoms with Crippen molar-refractivity contribution in [3.63, 3.8) is 0 Å². The van der Waals surface area contributed by atoms with E-state index in [2.05, 4.69) is 0 Å². The summed E-state index contributed by atoms with van der Waals surface area (Å²) in [5.74, 6) is -41.0. The highest BCUT2D eigenvalue weighted by Crippen LogP contribution is 2.62. The molecule has 0 radical (unpaired) electrons. The Labute approximate surface area is 184 Å². The van der Waals surface area contributed by atoms with Crippen LogP contribution in [0.25, 0.3) is 0 Å². The van der Waals surface area contributed by atoms with Crippen LogP contribution in [0, 0.1) is 5.92 Å². The average molecular weight is 526 g/mol. The number of hydrogen-bond donors (Lipinski definition) is 1. The summed E-state index contributed by atoms with van der Waals surface area (Å²) in [6.45, 7) is 1.89. The second-order valence-electron chi connectivity index (χ2n) is 7.43. The van der Waals surface area contributed by atoms with Crippen LogP contribution >= 0.6 is 0 Å². The molecular weight excluding hydrogens is 507 g/mol. The van der Waals surface area contributed by atoms with Crippen molar-refractivity contribution in [2.45, 2.75) is 68.6 Å². The van der Waals surface area contributed by atoms with Gasteiger partial charge >= 0.3 is 35.8 Å². The molecule has 1 aromatic carbocycles. The van der Waals surface area contributed by atoms with Crippen LogP contribution in [0.15, 0.2) is 24.3 Å². The third-order valence-electron chi connectivity index (χ3n) is 4.97. The summed E-state index contributed by atoms with van der Waals surface area (Å²) in [7, 11) is 0. The molecule has 2 unspecified atom stereocenters. The highest BCUT2D eigenvalue weighted by molar-refractivity contribution is 5.30. The Morgan fingerprint density at radius 2 is 1.29 bits per heavy atom. The first kappa shape index (κ1) is 30.1. The number of unbranched alkanes of at least 4 members (excludes halogenated alkanes) is 1. The van der Waals surface area contributed by atoms with Crippen molar-refractivity contribution in [1.82, 2.24) is 0 Å². The molecule has 0 fully saturated rings. The van der Waals surface area contributed by atoms with Crippen molar-refractivity contribution in [2.24, 2.45) is 5.92 Å². The van der Waals surface area contributed by atoms with E-state index in [0.29, 0.717) is 12.8 Å². The molecule has 0 spiro atoms. The summed E-state index contributed by atoms with van der Waals surface area (Å²) in [5.41, 5.74) is -0.632. The van der Waals surface area contributed by atoms with E-state index >= 15 is 0 Å². The van der Waals surface area contributed by atoms with Crippen molar-refractivity contribution in [3.8, 4) is 5.75 Å². The second kappa shape index (κ2) is 9.61. The summed E-state index contributed by atoms with van der Waals surface area (Å²) in [6.07, 6.45) is -9.05. The first-order valence-corrected chi connectivity index (χ1v) is 9.47. The van der Waals surface area contributed by atoms with E-state index in [9.17, 15) is 62.2 Å². The fourth-order valence-electron chi connectivity index (χ4n) is 2.68. The van der Waals surface area contributed by atoms with Gasteiger partial charge in [0.1, 0.15) is 5.75 Å². The lowest BCUT2D eigenvalue weighted by molar-refractivity contribution is -0.444. The maximum absolute atomic E-state index is 14.3. The number of alkyl halides is 13. The zero-order valence-electron chi connectivity index (χ0n) is 17.4. The van der Waals surface area contributed by atoms with Crippen molar-refractivity contribution >= 4 is 0 Å². The van der Waals surface area contributed by atoms with Crippen LogP contribution in [0.5, 0.6) is 5.75 Å². The number of benzene rings is 1. The lowest BCUT2D eigenvalue weighted by Crippen LogP contribution is -2.71. The van der Waals surface area contributed by atoms with Crippen LogP contribution in [0.3, 0.4) is 0 Å². The molecule has 198 valence electrons. The van der Waals surface area contributed by atoms with Crippen LogP contribution < -0.4 is 4.74 Å². The van der Waals surface area contributed by atoms with Gasteiger partial charge in [0, 0.05) is 0 Å². The highest BCUT2D eigenvalue weighted by Gasteiger charge is 2.91. The van der Waals surface area contributed by atoms with Gasteiger partial charge < -0.3 is 9.84 Å². The van der Waals surface area contributed by atoms with Gasteiger partial charge in [0.25, 0.3) is 0 Å². The van der Waals surface area contributed by atoms with Gasteiger partial charge in [-0.3, -0.25) is 0 Å². The fraction of sp³-hybridized carbons (Fsp3) is 0.684. The average Bonchev–Trinajstić information content (AvgIpc) is 2.71. The molecule has 0 heterocycles. The summed E-state index contributed by atoms with van der Waals surface area (Å²) >= 11 is 0. The summed E-state index contributed by atoms with van der Waals surface area (Å²) < 4.78 is 178. The normalized spacial score (nSPS) is 16.4. The smallest absolute Gasteiger partial charge is 0.460 e. The van der Waals surface area contributed by atoms with Crippen molar-refractivity contribution < 1.29 is 66.9 Å². The van der Waals surface area contributed by atoms with Gasteiger partial charge in [-0.05, 0) is 24.1 Å². The molecule has 2 atom stereocenters. The number of aliphatic hydroxyl groups is 1. The van der Waals surface area contributed by atoms with Gasteiger partial charge in [0.2, 0.25) is 0 Å². The number of halogens is 13. The molecule has 0 bridgehead atoms. The van der Waals surface area contributed by atoms with Crippen LogP contribution in [-0.2, 0) is 0 Å². The monoisotopic (exact) mass is 526 g/mol. The fourth-order valence-corrected chi connectivity index (χ4v) is 2.68. The van der Waals surface area contributed by atoms with Crippen molar-refractivity contribution in [3.05, 3.63) is 29.8 Å². The molecule has 34 heavy (non-hydrogen) atoms. The molecular formula is C19H19F13O2. The van der Waals surface area contributed by atoms with Crippen LogP contribution in [-0.4, -0.2) is 47.5 Å². The third-order valence-corrected chi connectivity index (χ3v) is 4.97. The van der Waals surface area contributed by atoms with Crippen LogP contribution in [0.2, 0.25) is 0 Å². The Bertz CT molecular complexity index is 821. The Morgan fingerprint density at radius 3 is 1.76 bits per heavy atom. The predicted octanol–water partition coefficient (Wildman–Crippen LogP) is 7.27. The minimum absolute atomic E-state index is 0.000681. The minimum atomic E-state index is -7.98. The summed E-state index contributed by atoms with van der Waals surface area (Å²) in [5, 5.41) is 10.0. The van der Waals surface area contributed by atoms with E-state index in [0.717, 1.165) is 18.2 Å². The zero-order chi connectivity index (χ0) is 27.0. The Hall–Kier alpha value is -1.93. The Kier molecular flexibility index (Phi) is 8.51. The maximum Gasteiger partial charge on any atom is 0.460 e. The van der Waals surface area contributed by atoms with Crippen molar-refractivity contribution in [1.29, 1.82) is 0 Å². The first-order valence-electron chi connectivity index (χ1n) is 9.47. The second-order valence-corrected chi connectivity index (χ2v) is 7.43. The van der Waals surface area contributed by atoms with Crippen LogP contribution in [0.1, 0.15) is 38.4 Å². The quantitative estimate of drug-likeness (QED) is 0.243. The lowest BCUT2D eigenvalue weighted by Gasteiger charge is -2.42. The highest BCUT2D eigenvalue weighted by atomic mass is 19.4. The van der Waals surface area contributed by atoms with Crippen LogP contribution in [0.4, 0.5) is 57.1 Å². The van der Waals surface area contributed by atoms with E-state index < -0.39 is 53.4 Å². The molecule has 0 aliphatic rings. The molecule has 0 aromatic heterocycles. The van der Waals surface area contributed by atoms with E-state index in [-0.39, 0.29) is 19.3 Å². The molecule has 1 N–H and O–H groups in total. The molecule has 0 amide bonds. The molecule has 1 rings (SSSR count). The van der Waals surface area contributed by atoms with E-state index in [1.807, 2.05) is 0 Å². The van der Waals surface area contributed by atoms with Crippen molar-refractivity contribution in [2.75, 3.05) is 6.61 Å². The summed E-state index contributed by atoms with van der Waals surface area (Å²) in [6, 6.07) is 4.02. The zero-order valence-corrected chi connectivity index (χ0v) is 17.4. The third kappa shape index (κ3) is 4.89. The molecule has 0 saturated carbocycles. The lowest BCUT2D eigenvalue weighted by atomic mass is 9.83. The Balaban J connectivity index is 3.37. The van der Waals surface area contributed by atoms with E-state index in [1.165, 1.54) is 6.07 Å². The van der Waals surface area contributed by atoms with Gasteiger partial charge in [-0.15, -0.1) is 0 Å². The van der Waals surface area contributed by atoms with Gasteiger partial charge in [0.05, 0.1) is 18.6 Å². The molecule has 2 nitrogen and oxygen atoms in total.